The molecule has 0 aliphatic rings. The number of halogens is 1. The van der Waals surface area contributed by atoms with Gasteiger partial charge in [0, 0.05) is 24.5 Å². The van der Waals surface area contributed by atoms with Gasteiger partial charge in [0.05, 0.1) is 17.1 Å². The standard InChI is InChI=1S/C17H21ClN4OS/c1-2-19-17(22-12-13-6-5-11-24-13)21-10-9-20-16(23)14-7-3-4-8-15(14)18/h3-8,11H,2,9-10,12H2,1H3,(H,20,23)(H2,19,21,22). The first kappa shape index (κ1) is 18.3. The Morgan fingerprint density at radius 3 is 2.62 bits per heavy atom. The summed E-state index contributed by atoms with van der Waals surface area (Å²) in [5.74, 6) is 0.556. The number of nitrogens with zero attached hydrogens (tertiary/aromatic N) is 1. The Morgan fingerprint density at radius 2 is 1.92 bits per heavy atom. The lowest BCUT2D eigenvalue weighted by atomic mass is 10.2. The highest BCUT2D eigenvalue weighted by atomic mass is 35.5. The summed E-state index contributed by atoms with van der Waals surface area (Å²) in [7, 11) is 0. The molecule has 1 heterocycles. The van der Waals surface area contributed by atoms with Gasteiger partial charge in [-0.1, -0.05) is 29.8 Å². The SMILES string of the molecule is CCNC(=NCc1cccs1)NCCNC(=O)c1ccccc1Cl. The van der Waals surface area contributed by atoms with Gasteiger partial charge in [-0.15, -0.1) is 11.3 Å². The van der Waals surface area contributed by atoms with Crippen LogP contribution in [-0.2, 0) is 6.54 Å². The van der Waals surface area contributed by atoms with Crippen LogP contribution >= 0.6 is 22.9 Å². The highest BCUT2D eigenvalue weighted by Gasteiger charge is 2.08. The van der Waals surface area contributed by atoms with Crippen LogP contribution in [0.1, 0.15) is 22.2 Å². The van der Waals surface area contributed by atoms with Crippen molar-refractivity contribution in [2.75, 3.05) is 19.6 Å². The van der Waals surface area contributed by atoms with Crippen molar-refractivity contribution in [3.8, 4) is 0 Å². The van der Waals surface area contributed by atoms with Crippen LogP contribution in [0.15, 0.2) is 46.8 Å². The second-order valence-electron chi connectivity index (χ2n) is 4.94. The minimum absolute atomic E-state index is 0.178. The van der Waals surface area contributed by atoms with Crippen LogP contribution in [0.4, 0.5) is 0 Å². The van der Waals surface area contributed by atoms with Crippen molar-refractivity contribution in [3.63, 3.8) is 0 Å². The number of nitrogens with one attached hydrogen (secondary N) is 3. The minimum atomic E-state index is -0.178. The molecule has 1 amide bonds. The molecule has 0 unspecified atom stereocenters. The van der Waals surface area contributed by atoms with Gasteiger partial charge in [-0.2, -0.15) is 0 Å². The van der Waals surface area contributed by atoms with Gasteiger partial charge in [-0.25, -0.2) is 4.99 Å². The molecule has 0 spiro atoms. The van der Waals surface area contributed by atoms with Crippen molar-refractivity contribution < 1.29 is 4.79 Å². The molecule has 2 rings (SSSR count). The van der Waals surface area contributed by atoms with Crippen LogP contribution < -0.4 is 16.0 Å². The first-order valence-electron chi connectivity index (χ1n) is 7.78. The monoisotopic (exact) mass is 364 g/mol. The summed E-state index contributed by atoms with van der Waals surface area (Å²) >= 11 is 7.69. The van der Waals surface area contributed by atoms with E-state index in [2.05, 4.69) is 27.0 Å². The number of carbonyl (C=O) groups is 1. The lowest BCUT2D eigenvalue weighted by Crippen LogP contribution is -2.41. The van der Waals surface area contributed by atoms with Crippen LogP contribution in [0.3, 0.4) is 0 Å². The predicted molar refractivity (Wildman–Crippen MR) is 101 cm³/mol. The zero-order valence-electron chi connectivity index (χ0n) is 13.5. The lowest BCUT2D eigenvalue weighted by molar-refractivity contribution is 0.0954. The molecule has 0 bridgehead atoms. The molecule has 24 heavy (non-hydrogen) atoms. The molecule has 1 aromatic heterocycles. The summed E-state index contributed by atoms with van der Waals surface area (Å²) in [5.41, 5.74) is 0.484. The maximum atomic E-state index is 12.0. The van der Waals surface area contributed by atoms with Crippen LogP contribution in [0, 0.1) is 0 Å². The van der Waals surface area contributed by atoms with Gasteiger partial charge in [0.15, 0.2) is 5.96 Å². The lowest BCUT2D eigenvalue weighted by Gasteiger charge is -2.12. The number of amides is 1. The molecule has 0 aliphatic heterocycles. The van der Waals surface area contributed by atoms with Gasteiger partial charge in [0.2, 0.25) is 0 Å². The second kappa shape index (κ2) is 9.95. The van der Waals surface area contributed by atoms with E-state index in [1.54, 1.807) is 35.6 Å². The molecule has 5 nitrogen and oxygen atoms in total. The van der Waals surface area contributed by atoms with E-state index in [-0.39, 0.29) is 5.91 Å². The van der Waals surface area contributed by atoms with E-state index in [1.165, 1.54) is 4.88 Å². The normalized spacial score (nSPS) is 11.2. The van der Waals surface area contributed by atoms with E-state index < -0.39 is 0 Å². The van der Waals surface area contributed by atoms with Crippen molar-refractivity contribution in [1.29, 1.82) is 0 Å². The number of rotatable bonds is 7. The zero-order chi connectivity index (χ0) is 17.2. The Kier molecular flexibility index (Phi) is 7.58. The van der Waals surface area contributed by atoms with Crippen molar-refractivity contribution in [3.05, 3.63) is 57.2 Å². The van der Waals surface area contributed by atoms with Crippen LogP contribution in [-0.4, -0.2) is 31.5 Å². The van der Waals surface area contributed by atoms with Crippen LogP contribution in [0.2, 0.25) is 5.02 Å². The summed E-state index contributed by atoms with van der Waals surface area (Å²) in [4.78, 5) is 17.8. The van der Waals surface area contributed by atoms with Gasteiger partial charge in [0.25, 0.3) is 5.91 Å². The number of benzene rings is 1. The molecule has 128 valence electrons. The fourth-order valence-corrected chi connectivity index (χ4v) is 2.85. The van der Waals surface area contributed by atoms with Crippen LogP contribution in [0.5, 0.6) is 0 Å². The van der Waals surface area contributed by atoms with Gasteiger partial charge < -0.3 is 16.0 Å². The molecule has 3 N–H and O–H groups in total. The Bertz CT molecular complexity index is 673. The van der Waals surface area contributed by atoms with Crippen molar-refractivity contribution >= 4 is 34.8 Å². The van der Waals surface area contributed by atoms with Gasteiger partial charge in [-0.3, -0.25) is 4.79 Å². The highest BCUT2D eigenvalue weighted by molar-refractivity contribution is 7.09. The third-order valence-electron chi connectivity index (χ3n) is 3.14. The Labute approximate surface area is 151 Å². The van der Waals surface area contributed by atoms with E-state index in [4.69, 9.17) is 11.6 Å². The number of hydrogen-bond acceptors (Lipinski definition) is 3. The summed E-state index contributed by atoms with van der Waals surface area (Å²) in [6.45, 7) is 4.49. The predicted octanol–water partition coefficient (Wildman–Crippen LogP) is 2.89. The second-order valence-corrected chi connectivity index (χ2v) is 6.38. The molecular formula is C17H21ClN4OS. The van der Waals surface area contributed by atoms with Crippen molar-refractivity contribution in [2.45, 2.75) is 13.5 Å². The van der Waals surface area contributed by atoms with E-state index in [0.717, 1.165) is 12.5 Å². The molecule has 7 heteroatoms. The van der Waals surface area contributed by atoms with Gasteiger partial charge >= 0.3 is 0 Å². The molecule has 0 radical (unpaired) electrons. The molecule has 0 fully saturated rings. The Morgan fingerprint density at radius 1 is 1.12 bits per heavy atom. The number of hydrogen-bond donors (Lipinski definition) is 3. The van der Waals surface area contributed by atoms with Crippen molar-refractivity contribution in [1.82, 2.24) is 16.0 Å². The largest absolute Gasteiger partial charge is 0.357 e. The molecule has 2 aromatic rings. The first-order valence-corrected chi connectivity index (χ1v) is 9.03. The van der Waals surface area contributed by atoms with Gasteiger partial charge in [0.1, 0.15) is 0 Å². The van der Waals surface area contributed by atoms with E-state index in [9.17, 15) is 4.79 Å². The molecule has 0 saturated heterocycles. The Balaban J connectivity index is 1.77. The van der Waals surface area contributed by atoms with Gasteiger partial charge in [-0.05, 0) is 30.5 Å². The Hall–Kier alpha value is -2.05. The summed E-state index contributed by atoms with van der Waals surface area (Å²) < 4.78 is 0. The number of thiophene rings is 1. The molecular weight excluding hydrogens is 344 g/mol. The molecule has 0 aliphatic carbocycles. The molecule has 0 atom stereocenters. The summed E-state index contributed by atoms with van der Waals surface area (Å²) in [5, 5.41) is 11.7. The van der Waals surface area contributed by atoms with E-state index in [1.807, 2.05) is 18.4 Å². The molecule has 1 aromatic carbocycles. The number of guanidine groups is 1. The number of aliphatic imine (C=N–C) groups is 1. The smallest absolute Gasteiger partial charge is 0.252 e. The van der Waals surface area contributed by atoms with Crippen molar-refractivity contribution in [2.24, 2.45) is 4.99 Å². The third kappa shape index (κ3) is 5.86. The van der Waals surface area contributed by atoms with E-state index >= 15 is 0 Å². The quantitative estimate of drug-likeness (QED) is 0.402. The zero-order valence-corrected chi connectivity index (χ0v) is 15.1. The molecule has 0 saturated carbocycles. The topological polar surface area (TPSA) is 65.5 Å². The summed E-state index contributed by atoms with van der Waals surface area (Å²) in [6.07, 6.45) is 0. The summed E-state index contributed by atoms with van der Waals surface area (Å²) in [6, 6.07) is 11.1. The number of carbonyl (C=O) groups excluding carboxylic acids is 1. The average Bonchev–Trinajstić information content (AvgIpc) is 3.10. The maximum absolute atomic E-state index is 12.0. The fourth-order valence-electron chi connectivity index (χ4n) is 2.00. The van der Waals surface area contributed by atoms with E-state index in [0.29, 0.717) is 30.2 Å². The highest BCUT2D eigenvalue weighted by Crippen LogP contribution is 2.14. The third-order valence-corrected chi connectivity index (χ3v) is 4.33. The van der Waals surface area contributed by atoms with Crippen LogP contribution in [0.25, 0.3) is 0 Å². The first-order chi connectivity index (χ1) is 11.7. The minimum Gasteiger partial charge on any atom is -0.357 e. The maximum Gasteiger partial charge on any atom is 0.252 e. The average molecular weight is 365 g/mol. The fraction of sp³-hybridized carbons (Fsp3) is 0.294.